The number of carbonyl (C=O) groups is 2. The number of Topliss-reactive ketones (excluding diaryl/α,β-unsaturated/α-hetero) is 1. The van der Waals surface area contributed by atoms with Gasteiger partial charge in [-0.05, 0) is 31.4 Å². The van der Waals surface area contributed by atoms with Crippen molar-refractivity contribution in [2.75, 3.05) is 7.11 Å². The van der Waals surface area contributed by atoms with E-state index in [0.717, 1.165) is 19.3 Å². The number of methoxy groups -OCH3 is 1. The van der Waals surface area contributed by atoms with E-state index in [4.69, 9.17) is 0 Å². The molecule has 1 aliphatic rings. The third-order valence-electron chi connectivity index (χ3n) is 4.72. The number of rotatable bonds is 11. The van der Waals surface area contributed by atoms with Crippen molar-refractivity contribution < 1.29 is 24.5 Å². The van der Waals surface area contributed by atoms with E-state index in [1.54, 1.807) is 24.3 Å². The lowest BCUT2D eigenvalue weighted by atomic mass is 9.90. The standard InChI is InChI=1S/C21H32O5/c1-3-4-7-10-16(22)13-14-18-17(19(23)15-20(18)24)11-8-5-6-9-12-21(25)26-2/h6,8,13-14,16-18,20,22,24H,3-4,7,9-12,15H2,1-2H3/b14-13+/t5?,16-,17+,18?,20+/m0/s1. The number of aliphatic hydroxyl groups excluding tert-OH is 2. The van der Waals surface area contributed by atoms with Gasteiger partial charge in [-0.1, -0.05) is 38.3 Å². The number of carbonyl (C=O) groups excluding carboxylic acids is 2. The first-order valence-electron chi connectivity index (χ1n) is 9.53. The highest BCUT2D eigenvalue weighted by Crippen LogP contribution is 2.33. The topological polar surface area (TPSA) is 83.8 Å². The van der Waals surface area contributed by atoms with Crippen molar-refractivity contribution in [2.24, 2.45) is 11.8 Å². The summed E-state index contributed by atoms with van der Waals surface area (Å²) < 4.78 is 4.56. The molecular formula is C21H32O5. The number of esters is 1. The Morgan fingerprint density at radius 1 is 1.38 bits per heavy atom. The van der Waals surface area contributed by atoms with Crippen LogP contribution in [0, 0.1) is 11.8 Å². The Morgan fingerprint density at radius 3 is 2.85 bits per heavy atom. The number of unbranched alkanes of at least 4 members (excludes halogenated alkanes) is 2. The molecule has 0 heterocycles. The van der Waals surface area contributed by atoms with Gasteiger partial charge in [0.2, 0.25) is 0 Å². The minimum Gasteiger partial charge on any atom is -0.469 e. The predicted molar refractivity (Wildman–Crippen MR) is 100 cm³/mol. The Kier molecular flexibility index (Phi) is 10.9. The van der Waals surface area contributed by atoms with E-state index in [1.807, 2.05) is 0 Å². The summed E-state index contributed by atoms with van der Waals surface area (Å²) in [6.45, 7) is 2.12. The van der Waals surface area contributed by atoms with Crippen LogP contribution in [-0.2, 0) is 14.3 Å². The molecule has 26 heavy (non-hydrogen) atoms. The van der Waals surface area contributed by atoms with E-state index < -0.39 is 12.2 Å². The minimum atomic E-state index is -0.691. The highest BCUT2D eigenvalue weighted by molar-refractivity contribution is 5.84. The van der Waals surface area contributed by atoms with Gasteiger partial charge in [-0.25, -0.2) is 0 Å². The van der Waals surface area contributed by atoms with Gasteiger partial charge in [0.1, 0.15) is 5.78 Å². The number of ether oxygens (including phenoxy) is 1. The van der Waals surface area contributed by atoms with E-state index in [9.17, 15) is 19.8 Å². The highest BCUT2D eigenvalue weighted by Gasteiger charge is 2.39. The molecule has 1 unspecified atom stereocenters. The summed E-state index contributed by atoms with van der Waals surface area (Å²) in [4.78, 5) is 23.1. The molecule has 0 aromatic carbocycles. The maximum atomic E-state index is 12.1. The van der Waals surface area contributed by atoms with E-state index in [1.165, 1.54) is 7.11 Å². The average Bonchev–Trinajstić information content (AvgIpc) is 2.89. The normalized spacial score (nSPS) is 23.7. The van der Waals surface area contributed by atoms with Crippen molar-refractivity contribution >= 4 is 11.8 Å². The summed E-state index contributed by atoms with van der Waals surface area (Å²) in [6.07, 6.45) is 11.2. The van der Waals surface area contributed by atoms with Crippen molar-refractivity contribution in [1.29, 1.82) is 0 Å². The fraction of sp³-hybridized carbons (Fsp3) is 0.667. The molecule has 4 atom stereocenters. The minimum absolute atomic E-state index is 0.0419. The Balaban J connectivity index is 2.54. The van der Waals surface area contributed by atoms with Crippen molar-refractivity contribution in [3.63, 3.8) is 0 Å². The summed E-state index contributed by atoms with van der Waals surface area (Å²) in [5.41, 5.74) is 2.98. The lowest BCUT2D eigenvalue weighted by Crippen LogP contribution is -2.18. The maximum absolute atomic E-state index is 12.1. The SMILES string of the molecule is CCCCC[C@H](O)/C=C/C1[C@H](O)CC(=O)[C@@H]1CC=C=CCCC(=O)OC. The number of allylic oxidation sites excluding steroid dienone is 1. The lowest BCUT2D eigenvalue weighted by molar-refractivity contribution is -0.140. The molecule has 2 N–H and O–H groups in total. The summed E-state index contributed by atoms with van der Waals surface area (Å²) in [5, 5.41) is 20.1. The molecule has 0 aromatic rings. The van der Waals surface area contributed by atoms with Crippen LogP contribution in [0.3, 0.4) is 0 Å². The van der Waals surface area contributed by atoms with Crippen LogP contribution in [0.5, 0.6) is 0 Å². The molecule has 1 aliphatic carbocycles. The summed E-state index contributed by atoms with van der Waals surface area (Å²) in [7, 11) is 1.35. The van der Waals surface area contributed by atoms with Crippen LogP contribution >= 0.6 is 0 Å². The van der Waals surface area contributed by atoms with Gasteiger partial charge in [0.15, 0.2) is 0 Å². The Bertz CT molecular complexity index is 531. The van der Waals surface area contributed by atoms with Gasteiger partial charge in [0, 0.05) is 24.7 Å². The predicted octanol–water partition coefficient (Wildman–Crippen LogP) is 3.10. The second kappa shape index (κ2) is 12.6. The van der Waals surface area contributed by atoms with E-state index in [0.29, 0.717) is 25.7 Å². The summed E-state index contributed by atoms with van der Waals surface area (Å²) >= 11 is 0. The van der Waals surface area contributed by atoms with Crippen LogP contribution in [0.4, 0.5) is 0 Å². The number of hydrogen-bond acceptors (Lipinski definition) is 5. The Morgan fingerprint density at radius 2 is 2.15 bits per heavy atom. The molecule has 5 heteroatoms. The maximum Gasteiger partial charge on any atom is 0.305 e. The molecular weight excluding hydrogens is 332 g/mol. The van der Waals surface area contributed by atoms with Crippen molar-refractivity contribution in [1.82, 2.24) is 0 Å². The second-order valence-corrected chi connectivity index (χ2v) is 6.80. The molecule has 0 saturated heterocycles. The van der Waals surface area contributed by atoms with Crippen LogP contribution in [-0.4, -0.2) is 41.3 Å². The Labute approximate surface area is 156 Å². The molecule has 0 radical (unpaired) electrons. The fourth-order valence-electron chi connectivity index (χ4n) is 3.14. The van der Waals surface area contributed by atoms with Gasteiger partial charge >= 0.3 is 5.97 Å². The quantitative estimate of drug-likeness (QED) is 0.255. The molecule has 0 bridgehead atoms. The zero-order valence-electron chi connectivity index (χ0n) is 15.9. The van der Waals surface area contributed by atoms with Crippen LogP contribution < -0.4 is 0 Å². The molecule has 0 spiro atoms. The van der Waals surface area contributed by atoms with Crippen molar-refractivity contribution in [3.8, 4) is 0 Å². The summed E-state index contributed by atoms with van der Waals surface area (Å²) in [6, 6.07) is 0. The van der Waals surface area contributed by atoms with Gasteiger partial charge in [-0.3, -0.25) is 9.59 Å². The van der Waals surface area contributed by atoms with Crippen molar-refractivity contribution in [3.05, 3.63) is 30.0 Å². The van der Waals surface area contributed by atoms with Gasteiger partial charge in [0.05, 0.1) is 19.3 Å². The molecule has 1 fully saturated rings. The van der Waals surface area contributed by atoms with Gasteiger partial charge in [-0.2, -0.15) is 0 Å². The van der Waals surface area contributed by atoms with Crippen LogP contribution in [0.1, 0.15) is 58.3 Å². The van der Waals surface area contributed by atoms with Gasteiger partial charge in [0.25, 0.3) is 0 Å². The first-order valence-corrected chi connectivity index (χ1v) is 9.53. The average molecular weight is 364 g/mol. The largest absolute Gasteiger partial charge is 0.469 e. The zero-order valence-corrected chi connectivity index (χ0v) is 15.9. The zero-order chi connectivity index (χ0) is 19.4. The molecule has 0 aromatic heterocycles. The first kappa shape index (κ1) is 22.4. The first-order chi connectivity index (χ1) is 12.5. The lowest BCUT2D eigenvalue weighted by Gasteiger charge is -2.16. The second-order valence-electron chi connectivity index (χ2n) is 6.80. The molecule has 1 rings (SSSR count). The number of ketones is 1. The third-order valence-corrected chi connectivity index (χ3v) is 4.72. The number of hydrogen-bond donors (Lipinski definition) is 2. The molecule has 146 valence electrons. The van der Waals surface area contributed by atoms with Crippen LogP contribution in [0.2, 0.25) is 0 Å². The Hall–Kier alpha value is -1.68. The third kappa shape index (κ3) is 8.13. The van der Waals surface area contributed by atoms with Gasteiger partial charge in [-0.15, -0.1) is 5.73 Å². The van der Waals surface area contributed by atoms with Crippen LogP contribution in [0.25, 0.3) is 0 Å². The highest BCUT2D eigenvalue weighted by atomic mass is 16.5. The smallest absolute Gasteiger partial charge is 0.305 e. The van der Waals surface area contributed by atoms with Crippen LogP contribution in [0.15, 0.2) is 30.0 Å². The monoisotopic (exact) mass is 364 g/mol. The fourth-order valence-corrected chi connectivity index (χ4v) is 3.14. The molecule has 1 saturated carbocycles. The van der Waals surface area contributed by atoms with Gasteiger partial charge < -0.3 is 14.9 Å². The number of aliphatic hydroxyl groups is 2. The van der Waals surface area contributed by atoms with Crippen molar-refractivity contribution in [2.45, 2.75) is 70.5 Å². The van der Waals surface area contributed by atoms with E-state index in [2.05, 4.69) is 17.4 Å². The van der Waals surface area contributed by atoms with E-state index >= 15 is 0 Å². The molecule has 5 nitrogen and oxygen atoms in total. The van der Waals surface area contributed by atoms with E-state index in [-0.39, 0.29) is 30.0 Å². The molecule has 0 aliphatic heterocycles. The summed E-state index contributed by atoms with van der Waals surface area (Å²) in [5.74, 6) is -0.776. The molecule has 0 amide bonds.